The number of amides is 1. The monoisotopic (exact) mass is 508 g/mol. The molecule has 0 saturated heterocycles. The van der Waals surface area contributed by atoms with Crippen LogP contribution in [-0.4, -0.2) is 25.6 Å². The van der Waals surface area contributed by atoms with E-state index in [1.54, 1.807) is 0 Å². The van der Waals surface area contributed by atoms with Crippen molar-refractivity contribution in [2.45, 2.75) is 33.4 Å². The molecule has 0 heterocycles. The predicted octanol–water partition coefficient (Wildman–Crippen LogP) is 6.09. The fraction of sp³-hybridized carbons (Fsp3) is 0.242. The molecule has 0 radical (unpaired) electrons. The van der Waals surface area contributed by atoms with Gasteiger partial charge in [-0.1, -0.05) is 84.9 Å². The second-order valence-corrected chi connectivity index (χ2v) is 9.26. The van der Waals surface area contributed by atoms with E-state index in [-0.39, 0.29) is 5.91 Å². The second-order valence-electron chi connectivity index (χ2n) is 9.26. The van der Waals surface area contributed by atoms with Crippen molar-refractivity contribution in [1.29, 1.82) is 0 Å². The molecular weight excluding hydrogens is 472 g/mol. The summed E-state index contributed by atoms with van der Waals surface area (Å²) in [7, 11) is 0. The van der Waals surface area contributed by atoms with Gasteiger partial charge in [0.2, 0.25) is 5.91 Å². The average Bonchev–Trinajstić information content (AvgIpc) is 2.94. The molecule has 196 valence electrons. The topological polar surface area (TPSA) is 59.6 Å². The van der Waals surface area contributed by atoms with Crippen LogP contribution in [0.15, 0.2) is 97.1 Å². The minimum absolute atomic E-state index is 0.0252. The zero-order chi connectivity index (χ0) is 26.6. The normalized spacial score (nSPS) is 10.7. The highest BCUT2D eigenvalue weighted by atomic mass is 16.5. The fourth-order valence-electron chi connectivity index (χ4n) is 4.31. The van der Waals surface area contributed by atoms with Crippen LogP contribution in [0.5, 0.6) is 11.5 Å². The maximum Gasteiger partial charge on any atom is 0.216 e. The molecule has 5 nitrogen and oxygen atoms in total. The van der Waals surface area contributed by atoms with Gasteiger partial charge in [0.15, 0.2) is 0 Å². The van der Waals surface area contributed by atoms with E-state index in [9.17, 15) is 4.79 Å². The molecule has 4 aromatic rings. The molecule has 2 N–H and O–H groups in total. The van der Waals surface area contributed by atoms with E-state index in [0.29, 0.717) is 32.8 Å². The summed E-state index contributed by atoms with van der Waals surface area (Å²) in [5, 5.41) is 6.18. The third-order valence-electron chi connectivity index (χ3n) is 6.45. The van der Waals surface area contributed by atoms with Gasteiger partial charge >= 0.3 is 0 Å². The molecule has 38 heavy (non-hydrogen) atoms. The molecule has 0 aliphatic heterocycles. The molecule has 5 heteroatoms. The summed E-state index contributed by atoms with van der Waals surface area (Å²) in [4.78, 5) is 11.1. The highest BCUT2D eigenvalue weighted by Crippen LogP contribution is 2.29. The standard InChI is InChI=1S/C33H36N2O3/c1-25-30(14-9-15-32(25)28-12-7-4-8-13-28)24-38-31-17-16-29(23-34-19-20-35-26(2)36)33(22-31)37-21-18-27-10-5-3-6-11-27/h3-17,22,34H,18-21,23-24H2,1-2H3,(H,35,36). The maximum atomic E-state index is 11.1. The van der Waals surface area contributed by atoms with Gasteiger partial charge < -0.3 is 20.1 Å². The van der Waals surface area contributed by atoms with E-state index in [2.05, 4.69) is 72.2 Å². The zero-order valence-electron chi connectivity index (χ0n) is 22.2. The van der Waals surface area contributed by atoms with E-state index in [1.165, 1.54) is 29.2 Å². The van der Waals surface area contributed by atoms with Gasteiger partial charge in [0.1, 0.15) is 18.1 Å². The van der Waals surface area contributed by atoms with Crippen molar-refractivity contribution in [3.05, 3.63) is 119 Å². The number of hydrogen-bond donors (Lipinski definition) is 2. The molecule has 0 aliphatic carbocycles. The molecule has 0 aliphatic rings. The Balaban J connectivity index is 1.43. The lowest BCUT2D eigenvalue weighted by molar-refractivity contribution is -0.118. The van der Waals surface area contributed by atoms with Crippen LogP contribution in [0.2, 0.25) is 0 Å². The SMILES string of the molecule is CC(=O)NCCNCc1ccc(OCc2cccc(-c3ccccc3)c2C)cc1OCCc1ccccc1. The Kier molecular flexibility index (Phi) is 9.94. The van der Waals surface area contributed by atoms with Gasteiger partial charge in [0.05, 0.1) is 6.61 Å². The lowest BCUT2D eigenvalue weighted by Crippen LogP contribution is -2.30. The van der Waals surface area contributed by atoms with Gasteiger partial charge in [-0.3, -0.25) is 4.79 Å². The van der Waals surface area contributed by atoms with E-state index >= 15 is 0 Å². The van der Waals surface area contributed by atoms with Gasteiger partial charge in [-0.25, -0.2) is 0 Å². The number of nitrogens with one attached hydrogen (secondary N) is 2. The summed E-state index contributed by atoms with van der Waals surface area (Å²) in [6, 6.07) is 33.1. The lowest BCUT2D eigenvalue weighted by atomic mass is 9.97. The molecule has 0 spiro atoms. The number of rotatable bonds is 13. The van der Waals surface area contributed by atoms with Crippen molar-refractivity contribution in [1.82, 2.24) is 10.6 Å². The molecule has 4 aromatic carbocycles. The van der Waals surface area contributed by atoms with Crippen molar-refractivity contribution in [2.24, 2.45) is 0 Å². The molecule has 0 atom stereocenters. The van der Waals surface area contributed by atoms with Crippen molar-refractivity contribution in [2.75, 3.05) is 19.7 Å². The Morgan fingerprint density at radius 1 is 0.789 bits per heavy atom. The molecule has 0 bridgehead atoms. The van der Waals surface area contributed by atoms with Gasteiger partial charge in [0, 0.05) is 44.6 Å². The first kappa shape index (κ1) is 27.0. The van der Waals surface area contributed by atoms with Crippen LogP contribution in [0, 0.1) is 6.92 Å². The Hall–Kier alpha value is -4.09. The first-order chi connectivity index (χ1) is 18.6. The van der Waals surface area contributed by atoms with E-state index < -0.39 is 0 Å². The third kappa shape index (κ3) is 7.95. The van der Waals surface area contributed by atoms with Crippen LogP contribution in [-0.2, 0) is 24.4 Å². The van der Waals surface area contributed by atoms with Crippen molar-refractivity contribution in [3.63, 3.8) is 0 Å². The zero-order valence-corrected chi connectivity index (χ0v) is 22.2. The smallest absolute Gasteiger partial charge is 0.216 e. The van der Waals surface area contributed by atoms with Crippen LogP contribution in [0.25, 0.3) is 11.1 Å². The van der Waals surface area contributed by atoms with Crippen molar-refractivity contribution in [3.8, 4) is 22.6 Å². The quantitative estimate of drug-likeness (QED) is 0.215. The molecule has 4 rings (SSSR count). The maximum absolute atomic E-state index is 11.1. The first-order valence-corrected chi connectivity index (χ1v) is 13.1. The van der Waals surface area contributed by atoms with Gasteiger partial charge in [0.25, 0.3) is 0 Å². The van der Waals surface area contributed by atoms with Crippen molar-refractivity contribution < 1.29 is 14.3 Å². The number of benzene rings is 4. The summed E-state index contributed by atoms with van der Waals surface area (Å²) in [5.41, 5.74) is 7.09. The highest BCUT2D eigenvalue weighted by Gasteiger charge is 2.10. The molecular formula is C33H36N2O3. The predicted molar refractivity (Wildman–Crippen MR) is 153 cm³/mol. The molecule has 0 saturated carbocycles. The molecule has 0 fully saturated rings. The summed E-state index contributed by atoms with van der Waals surface area (Å²) in [6.07, 6.45) is 0.826. The summed E-state index contributed by atoms with van der Waals surface area (Å²) >= 11 is 0. The van der Waals surface area contributed by atoms with Crippen LogP contribution >= 0.6 is 0 Å². The minimum Gasteiger partial charge on any atom is -0.493 e. The first-order valence-electron chi connectivity index (χ1n) is 13.1. The van der Waals surface area contributed by atoms with Gasteiger partial charge in [-0.05, 0) is 40.8 Å². The largest absolute Gasteiger partial charge is 0.493 e. The number of hydrogen-bond acceptors (Lipinski definition) is 4. The van der Waals surface area contributed by atoms with Crippen LogP contribution < -0.4 is 20.1 Å². The van der Waals surface area contributed by atoms with Gasteiger partial charge in [-0.15, -0.1) is 0 Å². The Labute approximate surface area is 225 Å². The number of carbonyl (C=O) groups excluding carboxylic acids is 1. The molecule has 0 aromatic heterocycles. The van der Waals surface area contributed by atoms with Gasteiger partial charge in [-0.2, -0.15) is 0 Å². The van der Waals surface area contributed by atoms with E-state index in [0.717, 1.165) is 29.0 Å². The lowest BCUT2D eigenvalue weighted by Gasteiger charge is -2.16. The van der Waals surface area contributed by atoms with E-state index in [1.807, 2.05) is 42.5 Å². The summed E-state index contributed by atoms with van der Waals surface area (Å²) in [6.45, 7) is 6.62. The highest BCUT2D eigenvalue weighted by molar-refractivity contribution is 5.72. The molecule has 0 unspecified atom stereocenters. The van der Waals surface area contributed by atoms with Crippen LogP contribution in [0.3, 0.4) is 0 Å². The number of carbonyl (C=O) groups is 1. The fourth-order valence-corrected chi connectivity index (χ4v) is 4.31. The van der Waals surface area contributed by atoms with Crippen LogP contribution in [0.1, 0.15) is 29.2 Å². The summed E-state index contributed by atoms with van der Waals surface area (Å²) in [5.74, 6) is 1.55. The average molecular weight is 509 g/mol. The Morgan fingerprint density at radius 2 is 1.55 bits per heavy atom. The minimum atomic E-state index is -0.0252. The second kappa shape index (κ2) is 14.0. The Morgan fingerprint density at radius 3 is 2.32 bits per heavy atom. The van der Waals surface area contributed by atoms with Crippen LogP contribution in [0.4, 0.5) is 0 Å². The Bertz CT molecular complexity index is 1310. The van der Waals surface area contributed by atoms with Crippen molar-refractivity contribution >= 4 is 5.91 Å². The third-order valence-corrected chi connectivity index (χ3v) is 6.45. The molecule has 1 amide bonds. The number of ether oxygens (including phenoxy) is 2. The summed E-state index contributed by atoms with van der Waals surface area (Å²) < 4.78 is 12.5. The van der Waals surface area contributed by atoms with E-state index in [4.69, 9.17) is 9.47 Å².